The van der Waals surface area contributed by atoms with Crippen molar-refractivity contribution in [3.63, 3.8) is 0 Å². The number of para-hydroxylation sites is 1. The zero-order chi connectivity index (χ0) is 22.1. The summed E-state index contributed by atoms with van der Waals surface area (Å²) in [6.07, 6.45) is 0. The molecular formula is C23H18N6O3. The third kappa shape index (κ3) is 3.40. The lowest BCUT2D eigenvalue weighted by molar-refractivity contribution is 0.0698. The third-order valence-corrected chi connectivity index (χ3v) is 5.35. The number of aliphatic hydroxyl groups is 1. The Morgan fingerprint density at radius 2 is 1.75 bits per heavy atom. The number of hydrogen-bond donors (Lipinski definition) is 3. The summed E-state index contributed by atoms with van der Waals surface area (Å²) in [4.78, 5) is 16.1. The molecule has 0 aliphatic rings. The lowest BCUT2D eigenvalue weighted by Crippen LogP contribution is -2.08. The van der Waals surface area contributed by atoms with Crippen molar-refractivity contribution in [2.24, 2.45) is 0 Å². The summed E-state index contributed by atoms with van der Waals surface area (Å²) in [6.45, 7) is 0.0923. The fourth-order valence-electron chi connectivity index (χ4n) is 3.88. The number of imidazole rings is 1. The Kier molecular flexibility index (Phi) is 4.92. The standard InChI is InChI=1S/C23H18N6O3/c30-13-20-24-19-7-3-6-18(23(31)32)21(19)29(20)12-14-8-10-15(11-9-14)16-4-1-2-5-17(16)22-25-27-28-26-22/h1-11,30H,12-13H2,(H,31,32)(H,25,26,27,28). The van der Waals surface area contributed by atoms with Gasteiger partial charge in [0.1, 0.15) is 12.4 Å². The van der Waals surface area contributed by atoms with Gasteiger partial charge in [0.2, 0.25) is 0 Å². The molecule has 32 heavy (non-hydrogen) atoms. The van der Waals surface area contributed by atoms with E-state index in [9.17, 15) is 15.0 Å². The first kappa shape index (κ1) is 19.6. The van der Waals surface area contributed by atoms with Crippen molar-refractivity contribution in [1.29, 1.82) is 0 Å². The highest BCUT2D eigenvalue weighted by Gasteiger charge is 2.18. The van der Waals surface area contributed by atoms with E-state index in [1.54, 1.807) is 22.8 Å². The quantitative estimate of drug-likeness (QED) is 0.380. The predicted molar refractivity (Wildman–Crippen MR) is 117 cm³/mol. The van der Waals surface area contributed by atoms with Gasteiger partial charge in [-0.2, -0.15) is 0 Å². The highest BCUT2D eigenvalue weighted by atomic mass is 16.4. The number of H-pyrrole nitrogens is 1. The molecule has 2 aromatic heterocycles. The highest BCUT2D eigenvalue weighted by Crippen LogP contribution is 2.30. The van der Waals surface area contributed by atoms with E-state index >= 15 is 0 Å². The van der Waals surface area contributed by atoms with Crippen LogP contribution in [0, 0.1) is 0 Å². The Hall–Kier alpha value is -4.37. The van der Waals surface area contributed by atoms with Gasteiger partial charge in [-0.3, -0.25) is 0 Å². The summed E-state index contributed by atoms with van der Waals surface area (Å²) in [5.74, 6) is -0.0283. The molecular weight excluding hydrogens is 408 g/mol. The maximum absolute atomic E-state index is 11.7. The number of aromatic nitrogens is 6. The third-order valence-electron chi connectivity index (χ3n) is 5.35. The van der Waals surface area contributed by atoms with Crippen LogP contribution in [0.2, 0.25) is 0 Å². The molecule has 0 saturated heterocycles. The minimum absolute atomic E-state index is 0.154. The van der Waals surface area contributed by atoms with E-state index in [4.69, 9.17) is 0 Å². The van der Waals surface area contributed by atoms with Gasteiger partial charge >= 0.3 is 5.97 Å². The van der Waals surface area contributed by atoms with Crippen LogP contribution in [0.3, 0.4) is 0 Å². The molecule has 9 heteroatoms. The number of hydrogen-bond acceptors (Lipinski definition) is 6. The Balaban J connectivity index is 1.52. The van der Waals surface area contributed by atoms with Crippen molar-refractivity contribution in [1.82, 2.24) is 30.2 Å². The van der Waals surface area contributed by atoms with Crippen LogP contribution in [0.15, 0.2) is 66.7 Å². The molecule has 0 amide bonds. The van der Waals surface area contributed by atoms with E-state index in [0.717, 1.165) is 22.3 Å². The molecule has 0 atom stereocenters. The lowest BCUT2D eigenvalue weighted by Gasteiger charge is -2.11. The molecule has 158 valence electrons. The summed E-state index contributed by atoms with van der Waals surface area (Å²) in [5.41, 5.74) is 5.00. The molecule has 0 fully saturated rings. The molecule has 0 aliphatic carbocycles. The molecule has 0 saturated carbocycles. The van der Waals surface area contributed by atoms with Gasteiger partial charge in [0.05, 0.1) is 16.6 Å². The van der Waals surface area contributed by atoms with Crippen LogP contribution in [0.1, 0.15) is 21.7 Å². The Morgan fingerprint density at radius 3 is 2.44 bits per heavy atom. The van der Waals surface area contributed by atoms with Gasteiger partial charge in [-0.25, -0.2) is 14.9 Å². The van der Waals surface area contributed by atoms with Crippen LogP contribution < -0.4 is 0 Å². The van der Waals surface area contributed by atoms with E-state index in [-0.39, 0.29) is 12.2 Å². The maximum Gasteiger partial charge on any atom is 0.337 e. The van der Waals surface area contributed by atoms with Crippen LogP contribution in [-0.4, -0.2) is 46.4 Å². The Labute approximate surface area is 182 Å². The number of carboxylic acid groups (broad SMARTS) is 1. The van der Waals surface area contributed by atoms with Gasteiger partial charge in [-0.15, -0.1) is 5.10 Å². The number of fused-ring (bicyclic) bond motifs is 1. The molecule has 3 aromatic carbocycles. The summed E-state index contributed by atoms with van der Waals surface area (Å²) >= 11 is 0. The monoisotopic (exact) mass is 426 g/mol. The van der Waals surface area contributed by atoms with Crippen LogP contribution in [0.25, 0.3) is 33.5 Å². The summed E-state index contributed by atoms with van der Waals surface area (Å²) in [7, 11) is 0. The van der Waals surface area contributed by atoms with Crippen LogP contribution in [0.4, 0.5) is 0 Å². The number of carbonyl (C=O) groups is 1. The minimum Gasteiger partial charge on any atom is -0.478 e. The summed E-state index contributed by atoms with van der Waals surface area (Å²) < 4.78 is 1.75. The molecule has 3 N–H and O–H groups in total. The number of aromatic amines is 1. The second-order valence-corrected chi connectivity index (χ2v) is 7.24. The van der Waals surface area contributed by atoms with Gasteiger partial charge in [-0.1, -0.05) is 54.6 Å². The number of rotatable bonds is 6. The van der Waals surface area contributed by atoms with Crippen LogP contribution >= 0.6 is 0 Å². The maximum atomic E-state index is 11.7. The number of benzene rings is 3. The minimum atomic E-state index is -1.03. The number of nitrogens with zero attached hydrogens (tertiary/aromatic N) is 5. The number of aliphatic hydroxyl groups excluding tert-OH is 1. The second-order valence-electron chi connectivity index (χ2n) is 7.24. The molecule has 0 aliphatic heterocycles. The van der Waals surface area contributed by atoms with Gasteiger partial charge in [-0.05, 0) is 39.2 Å². The molecule has 5 rings (SSSR count). The molecule has 0 bridgehead atoms. The zero-order valence-corrected chi connectivity index (χ0v) is 16.8. The molecule has 0 unspecified atom stereocenters. The van der Waals surface area contributed by atoms with Crippen molar-refractivity contribution in [3.8, 4) is 22.5 Å². The highest BCUT2D eigenvalue weighted by molar-refractivity contribution is 6.01. The SMILES string of the molecule is O=C(O)c1cccc2nc(CO)n(Cc3ccc(-c4ccccc4-c4nnn[nH]4)cc3)c12. The Morgan fingerprint density at radius 1 is 0.969 bits per heavy atom. The van der Waals surface area contributed by atoms with E-state index in [1.807, 2.05) is 48.5 Å². The number of tetrazole rings is 1. The van der Waals surface area contributed by atoms with E-state index in [1.165, 1.54) is 0 Å². The van der Waals surface area contributed by atoms with Crippen molar-refractivity contribution >= 4 is 17.0 Å². The first-order chi connectivity index (χ1) is 15.7. The van der Waals surface area contributed by atoms with Crippen molar-refractivity contribution in [2.75, 3.05) is 0 Å². The smallest absolute Gasteiger partial charge is 0.337 e. The van der Waals surface area contributed by atoms with Crippen molar-refractivity contribution in [3.05, 3.63) is 83.7 Å². The number of nitrogens with one attached hydrogen (secondary N) is 1. The average Bonchev–Trinajstić information content (AvgIpc) is 3.48. The first-order valence-corrected chi connectivity index (χ1v) is 9.90. The largest absolute Gasteiger partial charge is 0.478 e. The fraction of sp³-hybridized carbons (Fsp3) is 0.0870. The van der Waals surface area contributed by atoms with Gasteiger partial charge in [0.15, 0.2) is 5.82 Å². The average molecular weight is 426 g/mol. The first-order valence-electron chi connectivity index (χ1n) is 9.90. The fourth-order valence-corrected chi connectivity index (χ4v) is 3.88. The molecule has 0 spiro atoms. The summed E-state index contributed by atoms with van der Waals surface area (Å²) in [5, 5.41) is 33.5. The van der Waals surface area contributed by atoms with Crippen LogP contribution in [0.5, 0.6) is 0 Å². The molecule has 5 aromatic rings. The topological polar surface area (TPSA) is 130 Å². The molecule has 0 radical (unpaired) electrons. The van der Waals surface area contributed by atoms with Crippen LogP contribution in [-0.2, 0) is 13.2 Å². The van der Waals surface area contributed by atoms with E-state index < -0.39 is 5.97 Å². The van der Waals surface area contributed by atoms with E-state index in [0.29, 0.717) is 29.2 Å². The number of carboxylic acids is 1. The molecule has 2 heterocycles. The van der Waals surface area contributed by atoms with Gasteiger partial charge < -0.3 is 14.8 Å². The second kappa shape index (κ2) is 8.05. The zero-order valence-electron chi connectivity index (χ0n) is 16.8. The Bertz CT molecular complexity index is 1410. The summed E-state index contributed by atoms with van der Waals surface area (Å²) in [6, 6.07) is 20.7. The number of aromatic carboxylic acids is 1. The lowest BCUT2D eigenvalue weighted by atomic mass is 9.98. The normalized spacial score (nSPS) is 11.2. The van der Waals surface area contributed by atoms with Gasteiger partial charge in [0.25, 0.3) is 0 Å². The molecule has 9 nitrogen and oxygen atoms in total. The predicted octanol–water partition coefficient (Wildman–Crippen LogP) is 3.12. The van der Waals surface area contributed by atoms with Gasteiger partial charge in [0, 0.05) is 12.1 Å². The van der Waals surface area contributed by atoms with Crippen molar-refractivity contribution in [2.45, 2.75) is 13.2 Å². The van der Waals surface area contributed by atoms with Crippen molar-refractivity contribution < 1.29 is 15.0 Å². The van der Waals surface area contributed by atoms with E-state index in [2.05, 4.69) is 25.6 Å².